The van der Waals surface area contributed by atoms with Crippen LogP contribution in [-0.4, -0.2) is 39.7 Å². The van der Waals surface area contributed by atoms with Crippen molar-refractivity contribution in [2.75, 3.05) is 19.6 Å². The third-order valence-electron chi connectivity index (χ3n) is 8.02. The number of ether oxygens (including phenoxy) is 1. The molecular formula is C32H33ClN2O3. The number of aromatic nitrogens is 1. The van der Waals surface area contributed by atoms with Crippen LogP contribution < -0.4 is 15.2 Å². The molecule has 2 aromatic carbocycles. The Balaban J connectivity index is 1.23. The van der Waals surface area contributed by atoms with Crippen LogP contribution in [0.3, 0.4) is 0 Å². The van der Waals surface area contributed by atoms with E-state index in [1.165, 1.54) is 12.8 Å². The van der Waals surface area contributed by atoms with E-state index in [-0.39, 0.29) is 0 Å². The number of rotatable bonds is 6. The molecule has 5 nitrogen and oxygen atoms in total. The van der Waals surface area contributed by atoms with Gasteiger partial charge in [0.05, 0.1) is 5.60 Å². The minimum Gasteiger partial charge on any atom is -0.512 e. The molecule has 1 aliphatic carbocycles. The summed E-state index contributed by atoms with van der Waals surface area (Å²) in [6, 6.07) is 17.4. The van der Waals surface area contributed by atoms with Gasteiger partial charge in [0.1, 0.15) is 11.5 Å². The van der Waals surface area contributed by atoms with Crippen LogP contribution in [0.15, 0.2) is 66.9 Å². The second-order valence-electron chi connectivity index (χ2n) is 10.7. The first-order valence-corrected chi connectivity index (χ1v) is 13.9. The molecular weight excluding hydrogens is 496 g/mol. The highest BCUT2D eigenvalue weighted by atomic mass is 35.5. The summed E-state index contributed by atoms with van der Waals surface area (Å²) in [5, 5.41) is 24.6. The number of likely N-dealkylation sites (tertiary alicyclic amines) is 1. The van der Waals surface area contributed by atoms with Gasteiger partial charge in [-0.05, 0) is 85.6 Å². The first-order valence-electron chi connectivity index (χ1n) is 13.6. The fraction of sp³-hybridized carbons (Fsp3) is 0.344. The van der Waals surface area contributed by atoms with E-state index in [2.05, 4.69) is 22.0 Å². The summed E-state index contributed by atoms with van der Waals surface area (Å²) in [5.74, 6) is 2.32. The Kier molecular flexibility index (Phi) is 7.00. The highest BCUT2D eigenvalue weighted by Gasteiger charge is 2.33. The van der Waals surface area contributed by atoms with Gasteiger partial charge in [-0.2, -0.15) is 0 Å². The molecule has 3 aliphatic rings. The molecule has 38 heavy (non-hydrogen) atoms. The first-order chi connectivity index (χ1) is 18.5. The monoisotopic (exact) mass is 528 g/mol. The predicted octanol–water partition coefficient (Wildman–Crippen LogP) is 5.54. The molecule has 0 spiro atoms. The first kappa shape index (κ1) is 25.2. The van der Waals surface area contributed by atoms with Crippen LogP contribution in [-0.2, 0) is 5.60 Å². The van der Waals surface area contributed by atoms with Crippen LogP contribution in [0.2, 0.25) is 5.02 Å². The van der Waals surface area contributed by atoms with Crippen molar-refractivity contribution in [3.8, 4) is 11.6 Å². The van der Waals surface area contributed by atoms with Crippen LogP contribution in [0.25, 0.3) is 17.4 Å². The number of nitrogens with zero attached hydrogens (tertiary/aromatic N) is 2. The normalized spacial score (nSPS) is 20.5. The molecule has 3 heterocycles. The van der Waals surface area contributed by atoms with Gasteiger partial charge in [0.25, 0.3) is 0 Å². The van der Waals surface area contributed by atoms with Crippen molar-refractivity contribution >= 4 is 29.0 Å². The molecule has 2 aliphatic heterocycles. The number of allylic oxidation sites excluding steroid dienone is 1. The maximum Gasteiger partial charge on any atom is 0.227 e. The lowest BCUT2D eigenvalue weighted by Crippen LogP contribution is -2.42. The smallest absolute Gasteiger partial charge is 0.227 e. The number of benzene rings is 2. The zero-order valence-electron chi connectivity index (χ0n) is 21.4. The Morgan fingerprint density at radius 3 is 2.63 bits per heavy atom. The van der Waals surface area contributed by atoms with Gasteiger partial charge < -0.3 is 19.8 Å². The number of hydrogen-bond acceptors (Lipinski definition) is 5. The summed E-state index contributed by atoms with van der Waals surface area (Å²) in [5.41, 5.74) is 2.15. The molecule has 2 fully saturated rings. The number of piperidine rings is 1. The molecule has 1 aromatic heterocycles. The lowest BCUT2D eigenvalue weighted by Gasteiger charge is -2.38. The maximum atomic E-state index is 11.2. The molecule has 0 unspecified atom stereocenters. The molecule has 0 radical (unpaired) electrons. The Hall–Kier alpha value is -3.12. The summed E-state index contributed by atoms with van der Waals surface area (Å²) < 4.78 is 6.26. The lowest BCUT2D eigenvalue weighted by molar-refractivity contribution is -0.0254. The van der Waals surface area contributed by atoms with E-state index in [1.54, 1.807) is 6.20 Å². The largest absolute Gasteiger partial charge is 0.512 e. The SMILES string of the molecule is OC(CC1CC1)=c1cccc2c1=CC(=CCCN1CCC(O)(c3ccc(Cl)cc3)CC1)c1cccnc1O2. The zero-order chi connectivity index (χ0) is 26.1. The number of hydrogen-bond donors (Lipinski definition) is 2. The average Bonchev–Trinajstić information content (AvgIpc) is 3.76. The van der Waals surface area contributed by atoms with Crippen LogP contribution >= 0.6 is 11.6 Å². The van der Waals surface area contributed by atoms with Gasteiger partial charge in [-0.15, -0.1) is 0 Å². The minimum absolute atomic E-state index is 0.434. The van der Waals surface area contributed by atoms with E-state index in [9.17, 15) is 10.2 Å². The van der Waals surface area contributed by atoms with Crippen molar-refractivity contribution in [3.63, 3.8) is 0 Å². The predicted molar refractivity (Wildman–Crippen MR) is 151 cm³/mol. The molecule has 0 bridgehead atoms. The Labute approximate surface area is 228 Å². The molecule has 3 aromatic rings. The van der Waals surface area contributed by atoms with Gasteiger partial charge in [-0.25, -0.2) is 4.98 Å². The van der Waals surface area contributed by atoms with E-state index in [0.29, 0.717) is 47.6 Å². The second kappa shape index (κ2) is 10.6. The number of pyridine rings is 1. The molecule has 1 saturated carbocycles. The van der Waals surface area contributed by atoms with Gasteiger partial charge in [0.2, 0.25) is 5.88 Å². The van der Waals surface area contributed by atoms with Gasteiger partial charge >= 0.3 is 0 Å². The van der Waals surface area contributed by atoms with E-state index in [0.717, 1.165) is 53.2 Å². The standard InChI is InChI=1S/C32H33ClN2O3/c33-25-12-10-24(11-13-25)32(37)14-18-35(19-15-32)17-3-4-23-21-28-27(29(36)20-22-8-9-22)5-1-7-30(28)38-31-26(23)6-2-16-34-31/h1-2,4-7,10-13,16,21-22,36-37H,3,8-9,14-15,17-20H2. The van der Waals surface area contributed by atoms with E-state index >= 15 is 0 Å². The van der Waals surface area contributed by atoms with E-state index in [1.807, 2.05) is 54.6 Å². The van der Waals surface area contributed by atoms with Crippen molar-refractivity contribution < 1.29 is 14.9 Å². The van der Waals surface area contributed by atoms with Crippen LogP contribution in [0.4, 0.5) is 0 Å². The van der Waals surface area contributed by atoms with Gasteiger partial charge in [-0.1, -0.05) is 41.9 Å². The molecule has 2 N–H and O–H groups in total. The van der Waals surface area contributed by atoms with Crippen molar-refractivity contribution in [2.24, 2.45) is 5.92 Å². The van der Waals surface area contributed by atoms with Crippen molar-refractivity contribution in [1.29, 1.82) is 0 Å². The van der Waals surface area contributed by atoms with Gasteiger partial charge in [-0.3, -0.25) is 0 Å². The summed E-state index contributed by atoms with van der Waals surface area (Å²) in [6.07, 6.45) is 11.5. The molecule has 1 saturated heterocycles. The minimum atomic E-state index is -0.796. The molecule has 0 atom stereocenters. The summed E-state index contributed by atoms with van der Waals surface area (Å²) >= 11 is 6.03. The molecule has 6 heteroatoms. The average molecular weight is 529 g/mol. The van der Waals surface area contributed by atoms with Crippen LogP contribution in [0.1, 0.15) is 49.7 Å². The third-order valence-corrected chi connectivity index (χ3v) is 8.27. The fourth-order valence-corrected chi connectivity index (χ4v) is 5.66. The fourth-order valence-electron chi connectivity index (χ4n) is 5.54. The zero-order valence-corrected chi connectivity index (χ0v) is 22.2. The Bertz CT molecular complexity index is 1470. The number of fused-ring (bicyclic) bond motifs is 2. The van der Waals surface area contributed by atoms with Gasteiger partial charge in [0, 0.05) is 53.3 Å². The van der Waals surface area contributed by atoms with Crippen LogP contribution in [0, 0.1) is 5.92 Å². The van der Waals surface area contributed by atoms with Crippen LogP contribution in [0.5, 0.6) is 11.6 Å². The summed E-state index contributed by atoms with van der Waals surface area (Å²) in [6.45, 7) is 2.58. The highest BCUT2D eigenvalue weighted by Crippen LogP contribution is 2.35. The quantitative estimate of drug-likeness (QED) is 0.439. The van der Waals surface area contributed by atoms with E-state index < -0.39 is 5.60 Å². The number of halogens is 1. The van der Waals surface area contributed by atoms with Crippen molar-refractivity contribution in [1.82, 2.24) is 9.88 Å². The van der Waals surface area contributed by atoms with E-state index in [4.69, 9.17) is 16.3 Å². The maximum absolute atomic E-state index is 11.2. The Morgan fingerprint density at radius 2 is 1.87 bits per heavy atom. The number of aliphatic hydroxyl groups is 2. The van der Waals surface area contributed by atoms with Crippen molar-refractivity contribution in [3.05, 3.63) is 93.5 Å². The lowest BCUT2D eigenvalue weighted by atomic mass is 9.84. The second-order valence-corrected chi connectivity index (χ2v) is 11.2. The molecule has 196 valence electrons. The molecule has 0 amide bonds. The molecule has 6 rings (SSSR count). The van der Waals surface area contributed by atoms with Gasteiger partial charge in [0.15, 0.2) is 0 Å². The topological polar surface area (TPSA) is 65.8 Å². The third kappa shape index (κ3) is 5.37. The number of aliphatic hydroxyl groups excluding tert-OH is 1. The summed E-state index contributed by atoms with van der Waals surface area (Å²) in [7, 11) is 0. The van der Waals surface area contributed by atoms with Crippen molar-refractivity contribution in [2.45, 2.75) is 44.1 Å². The highest BCUT2D eigenvalue weighted by molar-refractivity contribution is 6.30. The summed E-state index contributed by atoms with van der Waals surface area (Å²) in [4.78, 5) is 6.92. The Morgan fingerprint density at radius 1 is 1.08 bits per heavy atom.